The van der Waals surface area contributed by atoms with Gasteiger partial charge in [0.15, 0.2) is 23.0 Å². The van der Waals surface area contributed by atoms with E-state index in [-0.39, 0.29) is 28.4 Å². The number of aromatic nitrogens is 1. The van der Waals surface area contributed by atoms with Crippen LogP contribution in [-0.2, 0) is 21.7 Å². The number of hydrogen-bond acceptors (Lipinski definition) is 6. The van der Waals surface area contributed by atoms with E-state index in [1.165, 1.54) is 38.6 Å². The Balaban J connectivity index is 1.17. The van der Waals surface area contributed by atoms with Crippen LogP contribution in [-0.4, -0.2) is 11.7 Å². The van der Waals surface area contributed by atoms with E-state index in [9.17, 15) is 0 Å². The molecule has 6 nitrogen and oxygen atoms in total. The first-order chi connectivity index (χ1) is 33.2. The highest BCUT2D eigenvalue weighted by molar-refractivity contribution is 7.00. The second kappa shape index (κ2) is 14.2. The quantitative estimate of drug-likeness (QED) is 0.161. The molecule has 0 fully saturated rings. The molecule has 0 N–H and O–H groups in total. The van der Waals surface area contributed by atoms with E-state index < -0.39 is 0 Å². The summed E-state index contributed by atoms with van der Waals surface area (Å²) in [7, 11) is 0. The fourth-order valence-corrected chi connectivity index (χ4v) is 11.4. The van der Waals surface area contributed by atoms with Crippen molar-refractivity contribution in [3.05, 3.63) is 156 Å². The number of rotatable bonds is 2. The number of nitrogens with zero attached hydrogens (tertiary/aromatic N) is 3. The van der Waals surface area contributed by atoms with E-state index >= 15 is 0 Å². The zero-order valence-corrected chi connectivity index (χ0v) is 42.3. The van der Waals surface area contributed by atoms with E-state index in [4.69, 9.17) is 18.9 Å². The van der Waals surface area contributed by atoms with Gasteiger partial charge >= 0.3 is 0 Å². The van der Waals surface area contributed by atoms with Gasteiger partial charge in [-0.1, -0.05) is 144 Å². The third-order valence-corrected chi connectivity index (χ3v) is 15.3. The largest absolute Gasteiger partial charge is 0.455 e. The summed E-state index contributed by atoms with van der Waals surface area (Å²) in [6.07, 6.45) is 1.84. The Morgan fingerprint density at radius 2 is 0.900 bits per heavy atom. The predicted molar refractivity (Wildman–Crippen MR) is 291 cm³/mol. The van der Waals surface area contributed by atoms with Gasteiger partial charge in [0, 0.05) is 39.5 Å². The third-order valence-electron chi connectivity index (χ3n) is 15.3. The maximum absolute atomic E-state index is 7.24. The van der Waals surface area contributed by atoms with Crippen molar-refractivity contribution >= 4 is 79.2 Å². The molecule has 0 saturated heterocycles. The lowest BCUT2D eigenvalue weighted by atomic mass is 9.33. The molecule has 0 unspecified atom stereocenters. The standard InChI is InChI=1S/C63H58BN3O3/c1-60(2,3)36-22-24-47-51(31-36)68-53-33-38(62(7,8)9)29-44-56(53)66(47)49-27-35(40-17-15-18-41-42-19-16-20-43(59(42)70-58(40)41)46-21-13-14-26-65-46)28-50-55(49)64(44)45-30-39(63(10,11)12)34-54-57(45)67(50)48-25-23-37(61(4,5)6)32-52(48)69-54/h13-34H,1-12H3. The Morgan fingerprint density at radius 1 is 0.429 bits per heavy atom. The molecule has 346 valence electrons. The molecule has 4 aliphatic rings. The minimum Gasteiger partial charge on any atom is -0.455 e. The van der Waals surface area contributed by atoms with Crippen LogP contribution in [0, 0.1) is 0 Å². The molecule has 0 amide bonds. The number of hydrogen-bond donors (Lipinski definition) is 0. The molecular weight excluding hydrogens is 858 g/mol. The Bertz CT molecular complexity index is 3560. The summed E-state index contributed by atoms with van der Waals surface area (Å²) in [4.78, 5) is 9.79. The van der Waals surface area contributed by atoms with Gasteiger partial charge < -0.3 is 23.7 Å². The van der Waals surface area contributed by atoms with Gasteiger partial charge in [0.05, 0.1) is 28.4 Å². The van der Waals surface area contributed by atoms with E-state index in [2.05, 4.69) is 208 Å². The van der Waals surface area contributed by atoms with Gasteiger partial charge in [-0.3, -0.25) is 4.98 Å². The van der Waals surface area contributed by atoms with Gasteiger partial charge in [0.25, 0.3) is 6.71 Å². The number of benzene rings is 7. The molecule has 0 saturated carbocycles. The number of anilines is 6. The molecule has 0 spiro atoms. The molecule has 0 bridgehead atoms. The molecule has 7 aromatic carbocycles. The Hall–Kier alpha value is -7.25. The van der Waals surface area contributed by atoms with Crippen molar-refractivity contribution in [1.29, 1.82) is 0 Å². The molecule has 0 atom stereocenters. The monoisotopic (exact) mass is 915 g/mol. The first-order valence-electron chi connectivity index (χ1n) is 24.9. The van der Waals surface area contributed by atoms with Crippen molar-refractivity contribution < 1.29 is 13.9 Å². The summed E-state index contributed by atoms with van der Waals surface area (Å²) in [5, 5.41) is 2.13. The van der Waals surface area contributed by atoms with Crippen molar-refractivity contribution in [1.82, 2.24) is 4.98 Å². The number of fused-ring (bicyclic) bond motifs is 11. The Labute approximate surface area is 412 Å². The second-order valence-electron chi connectivity index (χ2n) is 24.1. The van der Waals surface area contributed by atoms with E-state index in [1.54, 1.807) is 0 Å². The predicted octanol–water partition coefficient (Wildman–Crippen LogP) is 15.8. The van der Waals surface area contributed by atoms with Crippen molar-refractivity contribution in [2.45, 2.75) is 105 Å². The summed E-state index contributed by atoms with van der Waals surface area (Å²) in [5.74, 6) is 3.46. The molecule has 4 aliphatic heterocycles. The number of pyridine rings is 1. The topological polar surface area (TPSA) is 51.0 Å². The summed E-state index contributed by atoms with van der Waals surface area (Å²) in [6, 6.07) is 47.1. The zero-order valence-electron chi connectivity index (χ0n) is 42.3. The highest BCUT2D eigenvalue weighted by atomic mass is 16.5. The van der Waals surface area contributed by atoms with E-state index in [0.29, 0.717) is 0 Å². The molecule has 13 rings (SSSR count). The van der Waals surface area contributed by atoms with E-state index in [0.717, 1.165) is 101 Å². The average molecular weight is 916 g/mol. The first-order valence-corrected chi connectivity index (χ1v) is 24.9. The van der Waals surface area contributed by atoms with Crippen LogP contribution >= 0.6 is 0 Å². The van der Waals surface area contributed by atoms with Crippen LogP contribution in [0.5, 0.6) is 23.0 Å². The van der Waals surface area contributed by atoms with E-state index in [1.807, 2.05) is 18.3 Å². The minimum atomic E-state index is -0.151. The van der Waals surface area contributed by atoms with Crippen LogP contribution in [0.15, 0.2) is 138 Å². The first kappa shape index (κ1) is 42.8. The molecule has 70 heavy (non-hydrogen) atoms. The number of para-hydroxylation sites is 2. The molecule has 6 heterocycles. The van der Waals surface area contributed by atoms with Crippen molar-refractivity contribution in [2.24, 2.45) is 0 Å². The molecule has 7 heteroatoms. The molecule has 2 aromatic heterocycles. The van der Waals surface area contributed by atoms with Gasteiger partial charge in [-0.2, -0.15) is 0 Å². The number of ether oxygens (including phenoxy) is 2. The minimum absolute atomic E-state index is 0.0758. The fraction of sp³-hybridized carbons (Fsp3) is 0.254. The maximum atomic E-state index is 7.24. The zero-order chi connectivity index (χ0) is 48.6. The van der Waals surface area contributed by atoms with Gasteiger partial charge in [-0.05, 0) is 133 Å². The highest BCUT2D eigenvalue weighted by Gasteiger charge is 2.49. The fourth-order valence-electron chi connectivity index (χ4n) is 11.4. The van der Waals surface area contributed by atoms with Crippen LogP contribution in [0.2, 0.25) is 0 Å². The van der Waals surface area contributed by atoms with Crippen molar-refractivity contribution in [3.63, 3.8) is 0 Å². The van der Waals surface area contributed by atoms with Crippen LogP contribution in [0.4, 0.5) is 34.1 Å². The Kier molecular flexibility index (Phi) is 8.68. The van der Waals surface area contributed by atoms with Crippen molar-refractivity contribution in [3.8, 4) is 45.4 Å². The molecule has 9 aromatic rings. The van der Waals surface area contributed by atoms with Gasteiger partial charge in [0.2, 0.25) is 0 Å². The molecule has 0 aliphatic carbocycles. The molecule has 0 radical (unpaired) electrons. The molecular formula is C63H58BN3O3. The lowest BCUT2D eigenvalue weighted by Gasteiger charge is -2.48. The maximum Gasteiger partial charge on any atom is 0.252 e. The summed E-state index contributed by atoms with van der Waals surface area (Å²) in [6.45, 7) is 27.3. The van der Waals surface area contributed by atoms with Gasteiger partial charge in [-0.15, -0.1) is 0 Å². The summed E-state index contributed by atoms with van der Waals surface area (Å²) in [5.41, 5.74) is 20.3. The summed E-state index contributed by atoms with van der Waals surface area (Å²) >= 11 is 0. The van der Waals surface area contributed by atoms with Crippen LogP contribution < -0.4 is 35.7 Å². The number of furan rings is 1. The third kappa shape index (κ3) is 6.22. The smallest absolute Gasteiger partial charge is 0.252 e. The SMILES string of the molecule is CC(C)(C)c1ccc2c(c1)Oc1cc(C(C)(C)C)cc3c1N2c1cc(-c2cccc4c2oc2c(-c5ccccn5)cccc24)cc2c1B3c1cc(C(C)(C)C)cc3c1N2c1ccc(C(C)(C)C)cc1O3. The Morgan fingerprint density at radius 3 is 1.37 bits per heavy atom. The second-order valence-corrected chi connectivity index (χ2v) is 24.1. The normalized spacial score (nSPS) is 14.4. The van der Waals surface area contributed by atoms with Crippen molar-refractivity contribution in [2.75, 3.05) is 9.80 Å². The van der Waals surface area contributed by atoms with Crippen LogP contribution in [0.25, 0.3) is 44.3 Å². The average Bonchev–Trinajstić information content (AvgIpc) is 3.70. The van der Waals surface area contributed by atoms with Crippen LogP contribution in [0.1, 0.15) is 105 Å². The lowest BCUT2D eigenvalue weighted by Crippen LogP contribution is -2.62. The van der Waals surface area contributed by atoms with Gasteiger partial charge in [0.1, 0.15) is 11.2 Å². The van der Waals surface area contributed by atoms with Gasteiger partial charge in [-0.25, -0.2) is 0 Å². The highest BCUT2D eigenvalue weighted by Crippen LogP contribution is 2.59. The van der Waals surface area contributed by atoms with Crippen LogP contribution in [0.3, 0.4) is 0 Å². The lowest BCUT2D eigenvalue weighted by molar-refractivity contribution is 0.469. The summed E-state index contributed by atoms with van der Waals surface area (Å²) < 4.78 is 21.6.